The summed E-state index contributed by atoms with van der Waals surface area (Å²) in [6.45, 7) is 5.22. The molecule has 0 bridgehead atoms. The Morgan fingerprint density at radius 1 is 1.76 bits per heavy atom. The van der Waals surface area contributed by atoms with Gasteiger partial charge in [-0.3, -0.25) is 4.79 Å². The third-order valence-electron chi connectivity index (χ3n) is 2.24. The van der Waals surface area contributed by atoms with E-state index in [1.165, 1.54) is 11.3 Å². The molecule has 0 amide bonds. The minimum Gasteiger partial charge on any atom is -0.481 e. The van der Waals surface area contributed by atoms with Crippen LogP contribution in [0.15, 0.2) is 5.38 Å². The molecule has 1 N–H and O–H groups in total. The predicted octanol–water partition coefficient (Wildman–Crippen LogP) is 1.76. The number of thiazole rings is 1. The van der Waals surface area contributed by atoms with Crippen molar-refractivity contribution in [3.63, 3.8) is 0 Å². The van der Waals surface area contributed by atoms with Gasteiger partial charge in [0.1, 0.15) is 0 Å². The molecule has 1 atom stereocenters. The number of carboxylic acid groups (broad SMARTS) is 1. The second-order valence-corrected chi connectivity index (χ2v) is 4.60. The van der Waals surface area contributed by atoms with Gasteiger partial charge in [0.2, 0.25) is 0 Å². The van der Waals surface area contributed by atoms with Crippen LogP contribution >= 0.6 is 11.3 Å². The van der Waals surface area contributed by atoms with Gasteiger partial charge in [0.05, 0.1) is 24.1 Å². The molecule has 1 aromatic heterocycles. The summed E-state index contributed by atoms with van der Waals surface area (Å²) < 4.78 is 0. The standard InChI is InChI=1S/C11H15N3O2S/c1-3-14(6-8(2)5-12)11-13-9(7-17-11)4-10(15)16/h7-8H,3-4,6H2,1-2H3,(H,15,16). The third-order valence-corrected chi connectivity index (χ3v) is 3.19. The lowest BCUT2D eigenvalue weighted by atomic mass is 10.2. The molecular formula is C11H15N3O2S. The van der Waals surface area contributed by atoms with Crippen molar-refractivity contribution in [3.05, 3.63) is 11.1 Å². The Morgan fingerprint density at radius 3 is 3.00 bits per heavy atom. The SMILES string of the molecule is CCN(CC(C)C#N)c1nc(CC(=O)O)cs1. The lowest BCUT2D eigenvalue weighted by Gasteiger charge is -2.20. The van der Waals surface area contributed by atoms with Crippen LogP contribution in [0.3, 0.4) is 0 Å². The van der Waals surface area contributed by atoms with E-state index in [1.54, 1.807) is 5.38 Å². The normalized spacial score (nSPS) is 11.8. The highest BCUT2D eigenvalue weighted by Crippen LogP contribution is 2.21. The Balaban J connectivity index is 2.72. The van der Waals surface area contributed by atoms with Crippen molar-refractivity contribution in [3.8, 4) is 6.07 Å². The quantitative estimate of drug-likeness (QED) is 0.835. The molecule has 1 heterocycles. The van der Waals surface area contributed by atoms with Crippen molar-refractivity contribution in [1.82, 2.24) is 4.98 Å². The average molecular weight is 253 g/mol. The number of nitrogens with zero attached hydrogens (tertiary/aromatic N) is 3. The summed E-state index contributed by atoms with van der Waals surface area (Å²) in [6, 6.07) is 2.18. The average Bonchev–Trinajstić information content (AvgIpc) is 2.72. The van der Waals surface area contributed by atoms with Gasteiger partial charge in [-0.15, -0.1) is 11.3 Å². The fourth-order valence-electron chi connectivity index (χ4n) is 1.39. The summed E-state index contributed by atoms with van der Waals surface area (Å²) in [5.41, 5.74) is 0.570. The molecule has 1 aromatic rings. The zero-order valence-corrected chi connectivity index (χ0v) is 10.7. The van der Waals surface area contributed by atoms with E-state index in [0.29, 0.717) is 12.2 Å². The molecule has 0 aliphatic carbocycles. The van der Waals surface area contributed by atoms with E-state index in [1.807, 2.05) is 18.7 Å². The van der Waals surface area contributed by atoms with E-state index in [-0.39, 0.29) is 12.3 Å². The molecule has 0 spiro atoms. The first-order chi connectivity index (χ1) is 8.06. The van der Waals surface area contributed by atoms with Gasteiger partial charge in [0, 0.05) is 18.5 Å². The summed E-state index contributed by atoms with van der Waals surface area (Å²) in [5, 5.41) is 20.0. The molecule has 17 heavy (non-hydrogen) atoms. The topological polar surface area (TPSA) is 77.2 Å². The van der Waals surface area contributed by atoms with E-state index < -0.39 is 5.97 Å². The molecule has 92 valence electrons. The molecule has 0 saturated carbocycles. The molecule has 0 fully saturated rings. The number of carboxylic acids is 1. The van der Waals surface area contributed by atoms with E-state index in [9.17, 15) is 4.79 Å². The summed E-state index contributed by atoms with van der Waals surface area (Å²) in [5.74, 6) is -0.947. The highest BCUT2D eigenvalue weighted by molar-refractivity contribution is 7.13. The summed E-state index contributed by atoms with van der Waals surface area (Å²) in [4.78, 5) is 16.8. The van der Waals surface area contributed by atoms with Crippen LogP contribution in [0.5, 0.6) is 0 Å². The van der Waals surface area contributed by atoms with Gasteiger partial charge in [0.25, 0.3) is 0 Å². The fraction of sp³-hybridized carbons (Fsp3) is 0.545. The number of rotatable bonds is 6. The van der Waals surface area contributed by atoms with Crippen molar-refractivity contribution >= 4 is 22.4 Å². The largest absolute Gasteiger partial charge is 0.481 e. The van der Waals surface area contributed by atoms with Gasteiger partial charge in [-0.1, -0.05) is 0 Å². The molecule has 1 unspecified atom stereocenters. The Morgan fingerprint density at radius 2 is 2.47 bits per heavy atom. The molecule has 6 heteroatoms. The minimum absolute atomic E-state index is 0.0537. The molecule has 0 aliphatic heterocycles. The number of aromatic nitrogens is 1. The second-order valence-electron chi connectivity index (χ2n) is 3.76. The Kier molecular flexibility index (Phi) is 4.91. The van der Waals surface area contributed by atoms with Crippen LogP contribution < -0.4 is 4.90 Å². The Labute approximate surface area is 104 Å². The minimum atomic E-state index is -0.879. The number of carbonyl (C=O) groups is 1. The maximum Gasteiger partial charge on any atom is 0.309 e. The first-order valence-electron chi connectivity index (χ1n) is 5.37. The van der Waals surface area contributed by atoms with Gasteiger partial charge < -0.3 is 10.0 Å². The smallest absolute Gasteiger partial charge is 0.309 e. The van der Waals surface area contributed by atoms with Crippen LogP contribution in [0.25, 0.3) is 0 Å². The molecule has 0 aromatic carbocycles. The summed E-state index contributed by atoms with van der Waals surface area (Å²) in [6.07, 6.45) is -0.0537. The molecular weight excluding hydrogens is 238 g/mol. The number of aliphatic carboxylic acids is 1. The van der Waals surface area contributed by atoms with Crippen molar-refractivity contribution < 1.29 is 9.90 Å². The van der Waals surface area contributed by atoms with Crippen LogP contribution in [-0.4, -0.2) is 29.1 Å². The number of nitriles is 1. The number of hydrogen-bond donors (Lipinski definition) is 1. The molecule has 0 aliphatic rings. The molecule has 1 rings (SSSR count). The Bertz CT molecular complexity index is 425. The van der Waals surface area contributed by atoms with Crippen LogP contribution in [0, 0.1) is 17.2 Å². The first kappa shape index (κ1) is 13.5. The zero-order valence-electron chi connectivity index (χ0n) is 9.88. The van der Waals surface area contributed by atoms with Gasteiger partial charge in [-0.2, -0.15) is 5.26 Å². The van der Waals surface area contributed by atoms with Gasteiger partial charge >= 0.3 is 5.97 Å². The van der Waals surface area contributed by atoms with Crippen LogP contribution in [0.1, 0.15) is 19.5 Å². The second kappa shape index (κ2) is 6.21. The van der Waals surface area contributed by atoms with Crippen LogP contribution in [0.4, 0.5) is 5.13 Å². The predicted molar refractivity (Wildman–Crippen MR) is 66.1 cm³/mol. The van der Waals surface area contributed by atoms with E-state index >= 15 is 0 Å². The fourth-order valence-corrected chi connectivity index (χ4v) is 2.29. The highest BCUT2D eigenvalue weighted by atomic mass is 32.1. The van der Waals surface area contributed by atoms with Crippen LogP contribution in [0.2, 0.25) is 0 Å². The monoisotopic (exact) mass is 253 g/mol. The first-order valence-corrected chi connectivity index (χ1v) is 6.25. The van der Waals surface area contributed by atoms with Crippen molar-refractivity contribution in [1.29, 1.82) is 5.26 Å². The highest BCUT2D eigenvalue weighted by Gasteiger charge is 2.13. The van der Waals surface area contributed by atoms with Crippen molar-refractivity contribution in [2.24, 2.45) is 5.92 Å². The van der Waals surface area contributed by atoms with Gasteiger partial charge in [0.15, 0.2) is 5.13 Å². The maximum absolute atomic E-state index is 10.5. The lowest BCUT2D eigenvalue weighted by molar-refractivity contribution is -0.136. The molecule has 0 radical (unpaired) electrons. The third kappa shape index (κ3) is 4.04. The van der Waals surface area contributed by atoms with Gasteiger partial charge in [-0.25, -0.2) is 4.98 Å². The van der Waals surface area contributed by atoms with Gasteiger partial charge in [-0.05, 0) is 13.8 Å². The number of hydrogen-bond acceptors (Lipinski definition) is 5. The lowest BCUT2D eigenvalue weighted by Crippen LogP contribution is -2.27. The summed E-state index contributed by atoms with van der Waals surface area (Å²) in [7, 11) is 0. The zero-order chi connectivity index (χ0) is 12.8. The molecule has 0 saturated heterocycles. The van der Waals surface area contributed by atoms with E-state index in [0.717, 1.165) is 11.7 Å². The van der Waals surface area contributed by atoms with Crippen molar-refractivity contribution in [2.75, 3.05) is 18.0 Å². The van der Waals surface area contributed by atoms with Crippen molar-refractivity contribution in [2.45, 2.75) is 20.3 Å². The number of anilines is 1. The molecule has 5 nitrogen and oxygen atoms in total. The van der Waals surface area contributed by atoms with Crippen LogP contribution in [-0.2, 0) is 11.2 Å². The Hall–Kier alpha value is -1.61. The summed E-state index contributed by atoms with van der Waals surface area (Å²) >= 11 is 1.42. The maximum atomic E-state index is 10.5. The van der Waals surface area contributed by atoms with E-state index in [4.69, 9.17) is 10.4 Å². The van der Waals surface area contributed by atoms with E-state index in [2.05, 4.69) is 11.1 Å².